The number of carbonyl (C=O) groups excluding carboxylic acids is 1. The lowest BCUT2D eigenvalue weighted by molar-refractivity contribution is -0.146. The number of hydrogen-bond donors (Lipinski definition) is 2. The lowest BCUT2D eigenvalue weighted by Gasteiger charge is -2.43. The van der Waals surface area contributed by atoms with Gasteiger partial charge in [0.05, 0.1) is 58.9 Å². The van der Waals surface area contributed by atoms with Gasteiger partial charge in [-0.3, -0.25) is 4.79 Å². The minimum absolute atomic E-state index is 0.00129. The summed E-state index contributed by atoms with van der Waals surface area (Å²) < 4.78 is 40.2. The van der Waals surface area contributed by atoms with Gasteiger partial charge in [-0.15, -0.1) is 0 Å². The van der Waals surface area contributed by atoms with Crippen LogP contribution in [0.3, 0.4) is 0 Å². The van der Waals surface area contributed by atoms with Crippen LogP contribution in [0.15, 0.2) is 47.4 Å². The molecule has 11 heteroatoms. The van der Waals surface area contributed by atoms with Gasteiger partial charge in [0.1, 0.15) is 0 Å². The number of aliphatic hydroxyl groups excluding tert-OH is 1. The molecule has 1 amide bonds. The Hall–Kier alpha value is -1.72. The van der Waals surface area contributed by atoms with Gasteiger partial charge in [0, 0.05) is 13.1 Å². The third kappa shape index (κ3) is 6.58. The van der Waals surface area contributed by atoms with Crippen molar-refractivity contribution in [3.8, 4) is 0 Å². The van der Waals surface area contributed by atoms with E-state index < -0.39 is 28.3 Å². The highest BCUT2D eigenvalue weighted by molar-refractivity contribution is 7.89. The molecular formula is C25H30Cl2N2O6S. The van der Waals surface area contributed by atoms with E-state index in [1.807, 2.05) is 6.92 Å². The Kier molecular flexibility index (Phi) is 8.93. The Balaban J connectivity index is 1.42. The second-order valence-electron chi connectivity index (χ2n) is 9.25. The maximum atomic E-state index is 13.5. The third-order valence-electron chi connectivity index (χ3n) is 6.45. The van der Waals surface area contributed by atoms with Crippen LogP contribution in [0.5, 0.6) is 0 Å². The molecule has 0 unspecified atom stereocenters. The van der Waals surface area contributed by atoms with Gasteiger partial charge in [0.2, 0.25) is 15.9 Å². The molecule has 2 heterocycles. The monoisotopic (exact) mass is 556 g/mol. The molecule has 4 rings (SSSR count). The van der Waals surface area contributed by atoms with Gasteiger partial charge in [-0.25, -0.2) is 8.42 Å². The fourth-order valence-electron chi connectivity index (χ4n) is 4.55. The Labute approximate surface area is 221 Å². The molecule has 0 bridgehead atoms. The SMILES string of the molecule is Cc1ccc(S(=O)(=O)N2C[C@@H](O)COC[C@H]3O[C@H](CC(=O)NCc4ccc(Cl)c(Cl)c4)CC[C@@H]32)cc1. The summed E-state index contributed by atoms with van der Waals surface area (Å²) in [6, 6.07) is 11.3. The molecule has 2 aliphatic heterocycles. The molecule has 8 nitrogen and oxygen atoms in total. The highest BCUT2D eigenvalue weighted by atomic mass is 35.5. The quantitative estimate of drug-likeness (QED) is 0.565. The maximum absolute atomic E-state index is 13.5. The molecule has 0 spiro atoms. The summed E-state index contributed by atoms with van der Waals surface area (Å²) in [6.45, 7) is 2.23. The molecular weight excluding hydrogens is 527 g/mol. The van der Waals surface area contributed by atoms with E-state index in [4.69, 9.17) is 32.7 Å². The second-order valence-corrected chi connectivity index (χ2v) is 12.0. The molecule has 0 saturated carbocycles. The second kappa shape index (κ2) is 11.8. The first-order chi connectivity index (χ1) is 17.1. The van der Waals surface area contributed by atoms with Crippen molar-refractivity contribution < 1.29 is 27.8 Å². The van der Waals surface area contributed by atoms with Crippen molar-refractivity contribution in [3.63, 3.8) is 0 Å². The smallest absolute Gasteiger partial charge is 0.243 e. The van der Waals surface area contributed by atoms with Crippen LogP contribution in [0.25, 0.3) is 0 Å². The number of rotatable bonds is 6. The Morgan fingerprint density at radius 1 is 1.11 bits per heavy atom. The Morgan fingerprint density at radius 2 is 1.86 bits per heavy atom. The van der Waals surface area contributed by atoms with Crippen LogP contribution in [0.4, 0.5) is 0 Å². The first-order valence-electron chi connectivity index (χ1n) is 11.8. The highest BCUT2D eigenvalue weighted by Crippen LogP contribution is 2.31. The summed E-state index contributed by atoms with van der Waals surface area (Å²) in [5, 5.41) is 14.1. The number of halogens is 2. The molecule has 4 atom stereocenters. The van der Waals surface area contributed by atoms with Crippen molar-refractivity contribution in [2.45, 2.75) is 62.0 Å². The van der Waals surface area contributed by atoms with Crippen LogP contribution in [0.2, 0.25) is 10.0 Å². The molecule has 2 aromatic rings. The molecule has 0 radical (unpaired) electrons. The first kappa shape index (κ1) is 27.3. The summed E-state index contributed by atoms with van der Waals surface area (Å²) >= 11 is 12.0. The fraction of sp³-hybridized carbons (Fsp3) is 0.480. The topological polar surface area (TPSA) is 105 Å². The number of carbonyl (C=O) groups is 1. The number of hydrogen-bond acceptors (Lipinski definition) is 6. The molecule has 36 heavy (non-hydrogen) atoms. The number of benzene rings is 2. The van der Waals surface area contributed by atoms with E-state index in [1.54, 1.807) is 42.5 Å². The Bertz CT molecular complexity index is 1180. The summed E-state index contributed by atoms with van der Waals surface area (Å²) in [5.74, 6) is -0.184. The fourth-order valence-corrected chi connectivity index (χ4v) is 6.58. The van der Waals surface area contributed by atoms with Crippen molar-refractivity contribution >= 4 is 39.1 Å². The van der Waals surface area contributed by atoms with E-state index in [0.29, 0.717) is 29.4 Å². The van der Waals surface area contributed by atoms with Crippen molar-refractivity contribution in [2.75, 3.05) is 19.8 Å². The summed E-state index contributed by atoms with van der Waals surface area (Å²) in [5.41, 5.74) is 1.78. The highest BCUT2D eigenvalue weighted by Gasteiger charge is 2.43. The van der Waals surface area contributed by atoms with Crippen LogP contribution in [0, 0.1) is 6.92 Å². The summed E-state index contributed by atoms with van der Waals surface area (Å²) in [4.78, 5) is 12.7. The molecule has 2 aromatic carbocycles. The number of aliphatic hydroxyl groups is 1. The van der Waals surface area contributed by atoms with E-state index in [9.17, 15) is 18.3 Å². The van der Waals surface area contributed by atoms with E-state index in [0.717, 1.165) is 11.1 Å². The summed E-state index contributed by atoms with van der Waals surface area (Å²) in [7, 11) is -3.87. The van der Waals surface area contributed by atoms with Gasteiger partial charge in [-0.1, -0.05) is 47.0 Å². The minimum atomic E-state index is -3.87. The van der Waals surface area contributed by atoms with Crippen molar-refractivity contribution in [2.24, 2.45) is 0 Å². The average molecular weight is 557 g/mol. The van der Waals surface area contributed by atoms with Crippen LogP contribution in [-0.4, -0.2) is 67.8 Å². The van der Waals surface area contributed by atoms with Crippen molar-refractivity contribution in [3.05, 3.63) is 63.6 Å². The van der Waals surface area contributed by atoms with Gasteiger partial charge in [-0.2, -0.15) is 4.31 Å². The third-order valence-corrected chi connectivity index (χ3v) is 9.09. The number of fused-ring (bicyclic) bond motifs is 1. The number of ether oxygens (including phenoxy) is 2. The van der Waals surface area contributed by atoms with Crippen LogP contribution < -0.4 is 5.32 Å². The molecule has 0 aromatic heterocycles. The number of β-amino-alcohol motifs (C(OH)–C–C–N with tert-alkyl or cyclic N) is 1. The summed E-state index contributed by atoms with van der Waals surface area (Å²) in [6.07, 6.45) is -0.765. The predicted molar refractivity (Wildman–Crippen MR) is 137 cm³/mol. The minimum Gasteiger partial charge on any atom is -0.389 e. The number of nitrogens with one attached hydrogen (secondary N) is 1. The van der Waals surface area contributed by atoms with Crippen molar-refractivity contribution in [1.82, 2.24) is 9.62 Å². The van der Waals surface area contributed by atoms with E-state index >= 15 is 0 Å². The van der Waals surface area contributed by atoms with Crippen LogP contribution in [-0.2, 0) is 30.8 Å². The number of nitrogens with zero attached hydrogens (tertiary/aromatic N) is 1. The van der Waals surface area contributed by atoms with Gasteiger partial charge in [-0.05, 0) is 49.6 Å². The van der Waals surface area contributed by atoms with E-state index in [-0.39, 0.29) is 43.1 Å². The molecule has 0 aliphatic carbocycles. The zero-order valence-electron chi connectivity index (χ0n) is 19.9. The lowest BCUT2D eigenvalue weighted by Crippen LogP contribution is -2.57. The first-order valence-corrected chi connectivity index (χ1v) is 14.0. The predicted octanol–water partition coefficient (Wildman–Crippen LogP) is 3.31. The van der Waals surface area contributed by atoms with Crippen LogP contribution >= 0.6 is 23.2 Å². The maximum Gasteiger partial charge on any atom is 0.243 e. The standard InChI is InChI=1S/C25H30Cl2N2O6S/c1-16-2-6-20(7-3-16)36(32,33)29-13-18(30)14-34-15-24-23(29)9-5-19(35-24)11-25(31)28-12-17-4-8-21(26)22(27)10-17/h2-4,6-8,10,18-19,23-24,30H,5,9,11-15H2,1H3,(H,28,31)/t18-,19+,23+,24-/m1/s1. The van der Waals surface area contributed by atoms with E-state index in [1.165, 1.54) is 4.31 Å². The van der Waals surface area contributed by atoms with Gasteiger partial charge in [0.25, 0.3) is 0 Å². The van der Waals surface area contributed by atoms with E-state index in [2.05, 4.69) is 5.32 Å². The zero-order chi connectivity index (χ0) is 25.9. The number of aryl methyl sites for hydroxylation is 1. The normalized spacial score (nSPS) is 25.4. The van der Waals surface area contributed by atoms with Crippen molar-refractivity contribution in [1.29, 1.82) is 0 Å². The number of sulfonamides is 1. The average Bonchev–Trinajstić information content (AvgIpc) is 2.83. The zero-order valence-corrected chi connectivity index (χ0v) is 22.2. The largest absolute Gasteiger partial charge is 0.389 e. The molecule has 2 aliphatic rings. The number of amides is 1. The van der Waals surface area contributed by atoms with Crippen LogP contribution in [0.1, 0.15) is 30.4 Å². The molecule has 2 fully saturated rings. The lowest BCUT2D eigenvalue weighted by atomic mass is 9.96. The molecule has 2 saturated heterocycles. The molecule has 196 valence electrons. The van der Waals surface area contributed by atoms with Gasteiger partial charge < -0.3 is 19.9 Å². The Morgan fingerprint density at radius 3 is 2.58 bits per heavy atom. The molecule has 2 N–H and O–H groups in total. The van der Waals surface area contributed by atoms with Gasteiger partial charge >= 0.3 is 0 Å². The van der Waals surface area contributed by atoms with Gasteiger partial charge in [0.15, 0.2) is 0 Å².